The van der Waals surface area contributed by atoms with E-state index in [4.69, 9.17) is 0 Å². The van der Waals surface area contributed by atoms with Gasteiger partial charge in [0.25, 0.3) is 0 Å². The summed E-state index contributed by atoms with van der Waals surface area (Å²) in [6.07, 6.45) is 9.27. The van der Waals surface area contributed by atoms with Crippen LogP contribution >= 0.6 is 0 Å². The standard InChI is InChI=1S/C10H16N2/c1-3-9(7-11-5-1)10-4-2-6-12-8-10/h1,3,7,10-12H,2,4-6,8H2. The first-order valence-corrected chi connectivity index (χ1v) is 4.77. The van der Waals surface area contributed by atoms with Crippen LogP contribution in [0.3, 0.4) is 0 Å². The van der Waals surface area contributed by atoms with Crippen molar-refractivity contribution in [3.8, 4) is 0 Å². The molecule has 2 aliphatic rings. The molecule has 0 spiro atoms. The molecule has 0 aromatic heterocycles. The van der Waals surface area contributed by atoms with Gasteiger partial charge in [0.15, 0.2) is 0 Å². The van der Waals surface area contributed by atoms with Crippen molar-refractivity contribution >= 4 is 0 Å². The fourth-order valence-corrected chi connectivity index (χ4v) is 1.88. The molecule has 0 aromatic rings. The number of piperidine rings is 1. The van der Waals surface area contributed by atoms with Crippen LogP contribution in [0.15, 0.2) is 23.9 Å². The Hall–Kier alpha value is -0.760. The summed E-state index contributed by atoms with van der Waals surface area (Å²) >= 11 is 0. The fourth-order valence-electron chi connectivity index (χ4n) is 1.88. The molecule has 0 aliphatic carbocycles. The van der Waals surface area contributed by atoms with Gasteiger partial charge in [-0.05, 0) is 30.9 Å². The Balaban J connectivity index is 1.97. The van der Waals surface area contributed by atoms with Crippen LogP contribution in [0.4, 0.5) is 0 Å². The SMILES string of the molecule is C1=CC(C2CCCNC2)=CNC1. The maximum Gasteiger partial charge on any atom is 0.0328 e. The Morgan fingerprint density at radius 3 is 3.08 bits per heavy atom. The number of dihydropyridines is 1. The molecule has 0 radical (unpaired) electrons. The summed E-state index contributed by atoms with van der Waals surface area (Å²) in [6, 6.07) is 0. The molecule has 1 saturated heterocycles. The van der Waals surface area contributed by atoms with Crippen LogP contribution < -0.4 is 10.6 Å². The van der Waals surface area contributed by atoms with E-state index < -0.39 is 0 Å². The van der Waals surface area contributed by atoms with E-state index in [0.29, 0.717) is 0 Å². The van der Waals surface area contributed by atoms with E-state index in [0.717, 1.165) is 19.0 Å². The largest absolute Gasteiger partial charge is 0.387 e. The van der Waals surface area contributed by atoms with E-state index in [-0.39, 0.29) is 0 Å². The van der Waals surface area contributed by atoms with Crippen molar-refractivity contribution in [2.75, 3.05) is 19.6 Å². The minimum atomic E-state index is 0.739. The van der Waals surface area contributed by atoms with Gasteiger partial charge in [0.1, 0.15) is 0 Å². The number of hydrogen-bond donors (Lipinski definition) is 2. The van der Waals surface area contributed by atoms with E-state index in [1.54, 1.807) is 0 Å². The maximum atomic E-state index is 3.43. The van der Waals surface area contributed by atoms with Crippen molar-refractivity contribution in [3.05, 3.63) is 23.9 Å². The number of allylic oxidation sites excluding steroid dienone is 1. The molecular formula is C10H16N2. The third kappa shape index (κ3) is 1.69. The molecule has 1 atom stereocenters. The van der Waals surface area contributed by atoms with Gasteiger partial charge >= 0.3 is 0 Å². The van der Waals surface area contributed by atoms with Crippen LogP contribution in [-0.2, 0) is 0 Å². The zero-order chi connectivity index (χ0) is 8.23. The van der Waals surface area contributed by atoms with Crippen molar-refractivity contribution in [2.24, 2.45) is 5.92 Å². The molecule has 2 heteroatoms. The highest BCUT2D eigenvalue weighted by Gasteiger charge is 2.16. The highest BCUT2D eigenvalue weighted by atomic mass is 14.9. The topological polar surface area (TPSA) is 24.1 Å². The molecule has 0 bridgehead atoms. The summed E-state index contributed by atoms with van der Waals surface area (Å²) in [5, 5.41) is 6.69. The third-order valence-corrected chi connectivity index (χ3v) is 2.58. The smallest absolute Gasteiger partial charge is 0.0328 e. The second-order valence-corrected chi connectivity index (χ2v) is 3.50. The normalized spacial score (nSPS) is 29.3. The molecule has 1 unspecified atom stereocenters. The Morgan fingerprint density at radius 1 is 1.42 bits per heavy atom. The lowest BCUT2D eigenvalue weighted by Crippen LogP contribution is -2.31. The average Bonchev–Trinajstić information content (AvgIpc) is 2.21. The van der Waals surface area contributed by atoms with Crippen molar-refractivity contribution in [3.63, 3.8) is 0 Å². The summed E-state index contributed by atoms with van der Waals surface area (Å²) in [7, 11) is 0. The Bertz CT molecular complexity index is 200. The zero-order valence-corrected chi connectivity index (χ0v) is 7.34. The van der Waals surface area contributed by atoms with Crippen LogP contribution in [0.1, 0.15) is 12.8 Å². The van der Waals surface area contributed by atoms with Gasteiger partial charge < -0.3 is 10.6 Å². The molecule has 2 N–H and O–H groups in total. The summed E-state index contributed by atoms with van der Waals surface area (Å²) in [5.41, 5.74) is 1.47. The molecule has 2 heterocycles. The summed E-state index contributed by atoms with van der Waals surface area (Å²) < 4.78 is 0. The van der Waals surface area contributed by atoms with Crippen molar-refractivity contribution < 1.29 is 0 Å². The molecule has 66 valence electrons. The molecular weight excluding hydrogens is 148 g/mol. The van der Waals surface area contributed by atoms with Crippen LogP contribution in [0.25, 0.3) is 0 Å². The minimum Gasteiger partial charge on any atom is -0.387 e. The third-order valence-electron chi connectivity index (χ3n) is 2.58. The van der Waals surface area contributed by atoms with E-state index >= 15 is 0 Å². The predicted octanol–water partition coefficient (Wildman–Crippen LogP) is 1.03. The molecule has 0 amide bonds. The molecule has 0 aromatic carbocycles. The zero-order valence-electron chi connectivity index (χ0n) is 7.34. The molecule has 1 fully saturated rings. The number of hydrogen-bond acceptors (Lipinski definition) is 2. The molecule has 2 rings (SSSR count). The second kappa shape index (κ2) is 3.76. The first-order chi connectivity index (χ1) is 5.97. The lowest BCUT2D eigenvalue weighted by molar-refractivity contribution is 0.425. The van der Waals surface area contributed by atoms with Crippen LogP contribution in [-0.4, -0.2) is 19.6 Å². The highest BCUT2D eigenvalue weighted by Crippen LogP contribution is 2.20. The quantitative estimate of drug-likeness (QED) is 0.605. The predicted molar refractivity (Wildman–Crippen MR) is 50.8 cm³/mol. The lowest BCUT2D eigenvalue weighted by Gasteiger charge is -2.25. The molecule has 2 nitrogen and oxygen atoms in total. The van der Waals surface area contributed by atoms with E-state index in [1.807, 2.05) is 0 Å². The van der Waals surface area contributed by atoms with Gasteiger partial charge in [-0.1, -0.05) is 12.2 Å². The molecule has 2 aliphatic heterocycles. The first-order valence-electron chi connectivity index (χ1n) is 4.77. The Kier molecular flexibility index (Phi) is 2.47. The van der Waals surface area contributed by atoms with Crippen LogP contribution in [0.5, 0.6) is 0 Å². The van der Waals surface area contributed by atoms with Gasteiger partial charge in [0, 0.05) is 19.3 Å². The van der Waals surface area contributed by atoms with E-state index in [9.17, 15) is 0 Å². The van der Waals surface area contributed by atoms with E-state index in [1.165, 1.54) is 25.0 Å². The maximum absolute atomic E-state index is 3.43. The van der Waals surface area contributed by atoms with Crippen molar-refractivity contribution in [1.29, 1.82) is 0 Å². The van der Waals surface area contributed by atoms with Gasteiger partial charge in [-0.15, -0.1) is 0 Å². The Labute approximate surface area is 73.7 Å². The van der Waals surface area contributed by atoms with Crippen LogP contribution in [0.2, 0.25) is 0 Å². The fraction of sp³-hybridized carbons (Fsp3) is 0.600. The highest BCUT2D eigenvalue weighted by molar-refractivity contribution is 5.25. The van der Waals surface area contributed by atoms with E-state index in [2.05, 4.69) is 29.0 Å². The minimum absolute atomic E-state index is 0.739. The van der Waals surface area contributed by atoms with Crippen molar-refractivity contribution in [2.45, 2.75) is 12.8 Å². The second-order valence-electron chi connectivity index (χ2n) is 3.50. The molecule has 0 saturated carbocycles. The van der Waals surface area contributed by atoms with Crippen LogP contribution in [0, 0.1) is 5.92 Å². The number of rotatable bonds is 1. The lowest BCUT2D eigenvalue weighted by atomic mass is 9.91. The van der Waals surface area contributed by atoms with Gasteiger partial charge in [-0.25, -0.2) is 0 Å². The van der Waals surface area contributed by atoms with Gasteiger partial charge in [-0.2, -0.15) is 0 Å². The first kappa shape index (κ1) is 7.87. The van der Waals surface area contributed by atoms with Gasteiger partial charge in [0.2, 0.25) is 0 Å². The summed E-state index contributed by atoms with van der Waals surface area (Å²) in [6.45, 7) is 3.34. The average molecular weight is 164 g/mol. The number of nitrogens with one attached hydrogen (secondary N) is 2. The van der Waals surface area contributed by atoms with Gasteiger partial charge in [0.05, 0.1) is 0 Å². The van der Waals surface area contributed by atoms with Crippen molar-refractivity contribution in [1.82, 2.24) is 10.6 Å². The monoisotopic (exact) mass is 164 g/mol. The summed E-state index contributed by atoms with van der Waals surface area (Å²) in [5.74, 6) is 0.739. The summed E-state index contributed by atoms with van der Waals surface area (Å²) in [4.78, 5) is 0. The van der Waals surface area contributed by atoms with Gasteiger partial charge in [-0.3, -0.25) is 0 Å². The Morgan fingerprint density at radius 2 is 2.42 bits per heavy atom. The molecule has 12 heavy (non-hydrogen) atoms.